The van der Waals surface area contributed by atoms with Crippen molar-refractivity contribution in [2.75, 3.05) is 6.61 Å². The van der Waals surface area contributed by atoms with Crippen molar-refractivity contribution < 1.29 is 9.53 Å². The number of esters is 1. The van der Waals surface area contributed by atoms with Crippen molar-refractivity contribution in [1.82, 2.24) is 0 Å². The Morgan fingerprint density at radius 3 is 2.67 bits per heavy atom. The first-order valence-corrected chi connectivity index (χ1v) is 3.92. The Morgan fingerprint density at radius 1 is 1.50 bits per heavy atom. The largest absolute Gasteiger partial charge is 0.458 e. The molecule has 0 amide bonds. The van der Waals surface area contributed by atoms with Gasteiger partial charge in [-0.25, -0.2) is 4.79 Å². The van der Waals surface area contributed by atoms with Gasteiger partial charge < -0.3 is 10.5 Å². The second-order valence-corrected chi connectivity index (χ2v) is 2.40. The predicted molar refractivity (Wildman–Crippen MR) is 48.3 cm³/mol. The smallest absolute Gasteiger partial charge is 0.332 e. The lowest BCUT2D eigenvalue weighted by Gasteiger charge is -1.96. The molecule has 68 valence electrons. The Morgan fingerprint density at radius 2 is 2.17 bits per heavy atom. The van der Waals surface area contributed by atoms with E-state index < -0.39 is 5.97 Å². The van der Waals surface area contributed by atoms with Crippen LogP contribution in [0.1, 0.15) is 20.3 Å². The van der Waals surface area contributed by atoms with Gasteiger partial charge in [0.15, 0.2) is 0 Å². The molecule has 0 unspecified atom stereocenters. The quantitative estimate of drug-likeness (QED) is 0.392. The van der Waals surface area contributed by atoms with Gasteiger partial charge in [0.2, 0.25) is 0 Å². The van der Waals surface area contributed by atoms with E-state index in [1.807, 2.05) is 13.0 Å². The summed E-state index contributed by atoms with van der Waals surface area (Å²) in [5, 5.41) is 0. The average molecular weight is 169 g/mol. The van der Waals surface area contributed by atoms with Crippen molar-refractivity contribution in [3.63, 3.8) is 0 Å². The van der Waals surface area contributed by atoms with Crippen molar-refractivity contribution in [1.29, 1.82) is 0 Å². The van der Waals surface area contributed by atoms with Crippen LogP contribution >= 0.6 is 0 Å². The first-order chi connectivity index (χ1) is 5.66. The lowest BCUT2D eigenvalue weighted by atomic mass is 10.4. The molecular weight excluding hydrogens is 154 g/mol. The molecule has 0 radical (unpaired) electrons. The van der Waals surface area contributed by atoms with Crippen LogP contribution in [0.4, 0.5) is 0 Å². The number of rotatable bonds is 4. The van der Waals surface area contributed by atoms with Crippen molar-refractivity contribution in [2.45, 2.75) is 20.3 Å². The molecule has 3 heteroatoms. The van der Waals surface area contributed by atoms with Gasteiger partial charge >= 0.3 is 5.97 Å². The van der Waals surface area contributed by atoms with Crippen LogP contribution in [0.2, 0.25) is 0 Å². The second kappa shape index (κ2) is 6.46. The summed E-state index contributed by atoms with van der Waals surface area (Å²) in [6.45, 7) is 3.97. The van der Waals surface area contributed by atoms with Crippen LogP contribution in [0.25, 0.3) is 0 Å². The fraction of sp³-hybridized carbons (Fsp3) is 0.444. The zero-order valence-electron chi connectivity index (χ0n) is 7.54. The summed E-state index contributed by atoms with van der Waals surface area (Å²) in [6.07, 6.45) is 5.95. The molecule has 0 aliphatic rings. The van der Waals surface area contributed by atoms with Gasteiger partial charge in [-0.05, 0) is 13.3 Å². The van der Waals surface area contributed by atoms with Gasteiger partial charge in [0.05, 0.1) is 0 Å². The highest BCUT2D eigenvalue weighted by atomic mass is 16.5. The molecule has 0 aromatic carbocycles. The third-order valence-electron chi connectivity index (χ3n) is 1.07. The first-order valence-electron chi connectivity index (χ1n) is 3.92. The van der Waals surface area contributed by atoms with Gasteiger partial charge in [-0.2, -0.15) is 0 Å². The van der Waals surface area contributed by atoms with E-state index in [-0.39, 0.29) is 0 Å². The lowest BCUT2D eigenvalue weighted by molar-refractivity contribution is -0.136. The summed E-state index contributed by atoms with van der Waals surface area (Å²) in [6, 6.07) is 0. The van der Waals surface area contributed by atoms with Crippen LogP contribution in [-0.2, 0) is 9.53 Å². The fourth-order valence-corrected chi connectivity index (χ4v) is 0.593. The molecule has 0 atom stereocenters. The molecule has 0 aromatic rings. The van der Waals surface area contributed by atoms with Crippen LogP contribution in [0, 0.1) is 0 Å². The summed E-state index contributed by atoms with van der Waals surface area (Å²) in [5.41, 5.74) is 5.72. The molecule has 12 heavy (non-hydrogen) atoms. The second-order valence-electron chi connectivity index (χ2n) is 2.40. The van der Waals surface area contributed by atoms with Gasteiger partial charge in [-0.1, -0.05) is 19.1 Å². The highest BCUT2D eigenvalue weighted by molar-refractivity contribution is 5.82. The zero-order chi connectivity index (χ0) is 9.40. The van der Waals surface area contributed by atoms with Gasteiger partial charge in [0, 0.05) is 11.8 Å². The Labute approximate surface area is 72.9 Å². The molecule has 2 N–H and O–H groups in total. The van der Waals surface area contributed by atoms with E-state index in [2.05, 4.69) is 0 Å². The molecule has 0 rings (SSSR count). The minimum absolute atomic E-state index is 0.316. The average Bonchev–Trinajstić information content (AvgIpc) is 1.97. The number of nitrogens with two attached hydrogens (primary N) is 1. The number of hydrogen-bond donors (Lipinski definition) is 1. The highest BCUT2D eigenvalue weighted by Gasteiger charge is 1.94. The number of allylic oxidation sites excluding steroid dienone is 2. The third kappa shape index (κ3) is 6.86. The topological polar surface area (TPSA) is 52.3 Å². The number of carbonyl (C=O) groups is 1. The summed E-state index contributed by atoms with van der Waals surface area (Å²) >= 11 is 0. The van der Waals surface area contributed by atoms with Crippen molar-refractivity contribution in [3.8, 4) is 0 Å². The maximum Gasteiger partial charge on any atom is 0.332 e. The number of ether oxygens (including phenoxy) is 1. The predicted octanol–water partition coefficient (Wildman–Crippen LogP) is 1.36. The maximum absolute atomic E-state index is 10.8. The van der Waals surface area contributed by atoms with Crippen LogP contribution in [0.3, 0.4) is 0 Å². The number of carbonyl (C=O) groups excluding carboxylic acids is 1. The molecule has 0 saturated carbocycles. The summed E-state index contributed by atoms with van der Waals surface area (Å²) < 4.78 is 4.77. The van der Waals surface area contributed by atoms with E-state index in [4.69, 9.17) is 10.5 Å². The molecule has 0 heterocycles. The van der Waals surface area contributed by atoms with E-state index in [9.17, 15) is 4.79 Å². The Kier molecular flexibility index (Phi) is 5.79. The van der Waals surface area contributed by atoms with Crippen molar-refractivity contribution >= 4 is 5.97 Å². The minimum atomic E-state index is -0.393. The molecule has 0 fully saturated rings. The minimum Gasteiger partial charge on any atom is -0.458 e. The Bertz CT molecular complexity index is 191. The van der Waals surface area contributed by atoms with Crippen molar-refractivity contribution in [2.24, 2.45) is 5.73 Å². The fourth-order valence-electron chi connectivity index (χ4n) is 0.593. The Balaban J connectivity index is 3.58. The summed E-state index contributed by atoms with van der Waals surface area (Å²) in [4.78, 5) is 10.8. The van der Waals surface area contributed by atoms with Gasteiger partial charge in [0.1, 0.15) is 6.61 Å². The summed E-state index contributed by atoms with van der Waals surface area (Å²) in [7, 11) is 0. The Hall–Kier alpha value is -1.25. The van der Waals surface area contributed by atoms with Crippen LogP contribution in [0.5, 0.6) is 0 Å². The maximum atomic E-state index is 10.8. The first kappa shape index (κ1) is 10.8. The number of hydrogen-bond acceptors (Lipinski definition) is 3. The molecule has 0 aliphatic heterocycles. The van der Waals surface area contributed by atoms with Crippen molar-refractivity contribution in [3.05, 3.63) is 23.9 Å². The molecule has 0 saturated heterocycles. The standard InChI is InChI=1S/C9H15NO2/c1-3-4-5-6-12-9(11)7-8(2)10/h4-5,7H,3,6,10H2,1-2H3. The molecule has 3 nitrogen and oxygen atoms in total. The van der Waals surface area contributed by atoms with Crippen LogP contribution < -0.4 is 5.73 Å². The van der Waals surface area contributed by atoms with E-state index in [0.717, 1.165) is 6.42 Å². The summed E-state index contributed by atoms with van der Waals surface area (Å²) in [5.74, 6) is -0.393. The van der Waals surface area contributed by atoms with E-state index in [0.29, 0.717) is 12.3 Å². The normalized spacial score (nSPS) is 12.0. The molecule has 0 bridgehead atoms. The molecular formula is C9H15NO2. The lowest BCUT2D eigenvalue weighted by Crippen LogP contribution is -2.03. The van der Waals surface area contributed by atoms with Crippen LogP contribution in [-0.4, -0.2) is 12.6 Å². The van der Waals surface area contributed by atoms with Crippen LogP contribution in [0.15, 0.2) is 23.9 Å². The monoisotopic (exact) mass is 169 g/mol. The van der Waals surface area contributed by atoms with Gasteiger partial charge in [0.25, 0.3) is 0 Å². The highest BCUT2D eigenvalue weighted by Crippen LogP contribution is 1.87. The SMILES string of the molecule is CCC=CCOC(=O)C=C(C)N. The van der Waals surface area contributed by atoms with Gasteiger partial charge in [-0.3, -0.25) is 0 Å². The molecule has 0 spiro atoms. The van der Waals surface area contributed by atoms with E-state index in [1.54, 1.807) is 13.0 Å². The molecule has 0 aromatic heterocycles. The van der Waals surface area contributed by atoms with E-state index in [1.165, 1.54) is 6.08 Å². The van der Waals surface area contributed by atoms with E-state index >= 15 is 0 Å². The zero-order valence-corrected chi connectivity index (χ0v) is 7.54. The molecule has 0 aliphatic carbocycles. The third-order valence-corrected chi connectivity index (χ3v) is 1.07. The van der Waals surface area contributed by atoms with Gasteiger partial charge in [-0.15, -0.1) is 0 Å².